The van der Waals surface area contributed by atoms with Gasteiger partial charge in [-0.25, -0.2) is 0 Å². The summed E-state index contributed by atoms with van der Waals surface area (Å²) in [7, 11) is 4.37. The highest BCUT2D eigenvalue weighted by Gasteiger charge is 2.39. The van der Waals surface area contributed by atoms with E-state index in [1.54, 1.807) is 11.1 Å². The van der Waals surface area contributed by atoms with Crippen molar-refractivity contribution in [1.82, 2.24) is 4.90 Å². The smallest absolute Gasteiger partial charge is 0.0420 e. The highest BCUT2D eigenvalue weighted by atomic mass is 35.5. The third-order valence-corrected chi connectivity index (χ3v) is 6.17. The van der Waals surface area contributed by atoms with Gasteiger partial charge in [0.25, 0.3) is 0 Å². The lowest BCUT2D eigenvalue weighted by Crippen LogP contribution is -2.19. The van der Waals surface area contributed by atoms with Gasteiger partial charge >= 0.3 is 0 Å². The molecule has 22 heavy (non-hydrogen) atoms. The van der Waals surface area contributed by atoms with Crippen LogP contribution in [0.2, 0.25) is 5.02 Å². The second-order valence-electron chi connectivity index (χ2n) is 6.67. The second-order valence-corrected chi connectivity index (χ2v) is 8.02. The molecule has 2 bridgehead atoms. The molecule has 1 fully saturated rings. The molecular weight excluding hydrogens is 333 g/mol. The van der Waals surface area contributed by atoms with Gasteiger partial charge in [-0.15, -0.1) is 23.7 Å². The summed E-state index contributed by atoms with van der Waals surface area (Å²) in [5, 5.41) is 4.58. The van der Waals surface area contributed by atoms with Gasteiger partial charge in [-0.2, -0.15) is 0 Å². The summed E-state index contributed by atoms with van der Waals surface area (Å²) in [6.07, 6.45) is 4.15. The van der Waals surface area contributed by atoms with Crippen LogP contribution in [0.25, 0.3) is 15.7 Å². The highest BCUT2D eigenvalue weighted by molar-refractivity contribution is 7.17. The van der Waals surface area contributed by atoms with Crippen molar-refractivity contribution in [3.05, 3.63) is 39.7 Å². The Morgan fingerprint density at radius 2 is 2.00 bits per heavy atom. The molecule has 2 aliphatic rings. The molecule has 2 aliphatic carbocycles. The number of fused-ring (bicyclic) bond motifs is 3. The number of nitrogens with zero attached hydrogens (tertiary/aromatic N) is 1. The standard InChI is InChI=1S/C18H20ClNS.ClH/c1-20(2)9-15-11-3-4-12(7-11)18(15)16-10-21-17-8-13(19)5-6-14(16)17;/h5-6,8,10-12H,3-4,7,9H2,1-2H3;1H. The van der Waals surface area contributed by atoms with Crippen molar-refractivity contribution in [3.8, 4) is 0 Å². The van der Waals surface area contributed by atoms with Gasteiger partial charge in [0.1, 0.15) is 0 Å². The van der Waals surface area contributed by atoms with E-state index >= 15 is 0 Å². The maximum Gasteiger partial charge on any atom is 0.0420 e. The molecule has 0 spiro atoms. The highest BCUT2D eigenvalue weighted by Crippen LogP contribution is 2.54. The van der Waals surface area contributed by atoms with Crippen LogP contribution in [0.15, 0.2) is 29.2 Å². The Balaban J connectivity index is 0.00000144. The number of likely N-dealkylation sites (N-methyl/N-ethyl adjacent to an activating group) is 1. The normalized spacial score (nSPS) is 23.6. The molecule has 0 N–H and O–H groups in total. The van der Waals surface area contributed by atoms with E-state index in [-0.39, 0.29) is 12.4 Å². The third kappa shape index (κ3) is 2.60. The molecule has 0 amide bonds. The largest absolute Gasteiger partial charge is 0.305 e. The molecule has 4 rings (SSSR count). The molecular formula is C18H21Cl2NS. The quantitative estimate of drug-likeness (QED) is 0.681. The van der Waals surface area contributed by atoms with Crippen LogP contribution in [-0.4, -0.2) is 25.5 Å². The maximum absolute atomic E-state index is 6.14. The Kier molecular flexibility index (Phi) is 4.57. The van der Waals surface area contributed by atoms with Crippen molar-refractivity contribution in [3.63, 3.8) is 0 Å². The first-order valence-electron chi connectivity index (χ1n) is 7.68. The summed E-state index contributed by atoms with van der Waals surface area (Å²) in [4.78, 5) is 2.32. The number of rotatable bonds is 3. The van der Waals surface area contributed by atoms with Gasteiger partial charge in [-0.1, -0.05) is 17.7 Å². The van der Waals surface area contributed by atoms with E-state index in [9.17, 15) is 0 Å². The van der Waals surface area contributed by atoms with Crippen LogP contribution in [0, 0.1) is 11.8 Å². The fourth-order valence-electron chi connectivity index (χ4n) is 4.20. The van der Waals surface area contributed by atoms with Crippen molar-refractivity contribution < 1.29 is 0 Å². The van der Waals surface area contributed by atoms with E-state index in [4.69, 9.17) is 11.6 Å². The van der Waals surface area contributed by atoms with Crippen LogP contribution < -0.4 is 0 Å². The Morgan fingerprint density at radius 1 is 1.23 bits per heavy atom. The lowest BCUT2D eigenvalue weighted by molar-refractivity contribution is 0.423. The van der Waals surface area contributed by atoms with Crippen LogP contribution in [0.3, 0.4) is 0 Å². The second kappa shape index (κ2) is 6.16. The summed E-state index contributed by atoms with van der Waals surface area (Å²) in [6, 6.07) is 6.33. The number of benzene rings is 1. The zero-order valence-electron chi connectivity index (χ0n) is 12.9. The van der Waals surface area contributed by atoms with E-state index in [1.807, 2.05) is 17.4 Å². The molecule has 2 unspecified atom stereocenters. The first kappa shape index (κ1) is 16.3. The number of halogens is 2. The van der Waals surface area contributed by atoms with Crippen LogP contribution in [-0.2, 0) is 0 Å². The topological polar surface area (TPSA) is 3.24 Å². The lowest BCUT2D eigenvalue weighted by Gasteiger charge is -2.22. The molecule has 2 atom stereocenters. The Labute approximate surface area is 147 Å². The zero-order chi connectivity index (χ0) is 14.6. The van der Waals surface area contributed by atoms with Crippen molar-refractivity contribution in [2.75, 3.05) is 20.6 Å². The van der Waals surface area contributed by atoms with Gasteiger partial charge in [0, 0.05) is 21.7 Å². The van der Waals surface area contributed by atoms with E-state index in [0.29, 0.717) is 0 Å². The number of thiophene rings is 1. The van der Waals surface area contributed by atoms with Gasteiger partial charge < -0.3 is 4.90 Å². The molecule has 0 saturated heterocycles. The summed E-state index contributed by atoms with van der Waals surface area (Å²) in [5.41, 5.74) is 4.84. The zero-order valence-corrected chi connectivity index (χ0v) is 15.3. The van der Waals surface area contributed by atoms with E-state index in [2.05, 4.69) is 36.5 Å². The van der Waals surface area contributed by atoms with Gasteiger partial charge in [0.15, 0.2) is 0 Å². The molecule has 1 nitrogen and oxygen atoms in total. The Morgan fingerprint density at radius 3 is 2.77 bits per heavy atom. The average molecular weight is 354 g/mol. The average Bonchev–Trinajstić information content (AvgIpc) is 3.11. The van der Waals surface area contributed by atoms with Crippen molar-refractivity contribution >= 4 is 51.0 Å². The van der Waals surface area contributed by atoms with E-state index in [1.165, 1.54) is 34.9 Å². The Hall–Kier alpha value is -0.540. The van der Waals surface area contributed by atoms with E-state index < -0.39 is 0 Å². The number of hydrogen-bond acceptors (Lipinski definition) is 2. The van der Waals surface area contributed by atoms with Gasteiger partial charge in [0.05, 0.1) is 0 Å². The molecule has 1 aromatic carbocycles. The predicted molar refractivity (Wildman–Crippen MR) is 100 cm³/mol. The number of allylic oxidation sites excluding steroid dienone is 1. The fraction of sp³-hybridized carbons (Fsp3) is 0.444. The van der Waals surface area contributed by atoms with Crippen LogP contribution in [0.1, 0.15) is 24.8 Å². The van der Waals surface area contributed by atoms with Crippen LogP contribution in [0.5, 0.6) is 0 Å². The molecule has 118 valence electrons. The Bertz CT molecular complexity index is 732. The fourth-order valence-corrected chi connectivity index (χ4v) is 5.44. The predicted octanol–water partition coefficient (Wildman–Crippen LogP) is 5.72. The van der Waals surface area contributed by atoms with Gasteiger partial charge in [-0.05, 0) is 79.4 Å². The van der Waals surface area contributed by atoms with Gasteiger partial charge in [0.2, 0.25) is 0 Å². The molecule has 4 heteroatoms. The van der Waals surface area contributed by atoms with Crippen molar-refractivity contribution in [2.24, 2.45) is 11.8 Å². The summed E-state index contributed by atoms with van der Waals surface area (Å²) in [6.45, 7) is 1.11. The lowest BCUT2D eigenvalue weighted by atomic mass is 9.87. The molecule has 0 radical (unpaired) electrons. The summed E-state index contributed by atoms with van der Waals surface area (Å²) < 4.78 is 1.32. The minimum Gasteiger partial charge on any atom is -0.305 e. The SMILES string of the molecule is CN(C)CC1=C(c2csc3cc(Cl)ccc23)C2CCC1C2.Cl. The van der Waals surface area contributed by atoms with Crippen LogP contribution in [0.4, 0.5) is 0 Å². The van der Waals surface area contributed by atoms with Crippen LogP contribution >= 0.6 is 35.3 Å². The minimum absolute atomic E-state index is 0. The summed E-state index contributed by atoms with van der Waals surface area (Å²) in [5.74, 6) is 1.62. The van der Waals surface area contributed by atoms with Crippen molar-refractivity contribution in [2.45, 2.75) is 19.3 Å². The molecule has 1 aromatic heterocycles. The monoisotopic (exact) mass is 353 g/mol. The van der Waals surface area contributed by atoms with E-state index in [0.717, 1.165) is 23.4 Å². The molecule has 2 aromatic rings. The molecule has 1 heterocycles. The number of hydrogen-bond donors (Lipinski definition) is 0. The third-order valence-electron chi connectivity index (χ3n) is 4.99. The molecule has 1 saturated carbocycles. The van der Waals surface area contributed by atoms with Gasteiger partial charge in [-0.3, -0.25) is 0 Å². The maximum atomic E-state index is 6.14. The summed E-state index contributed by atoms with van der Waals surface area (Å²) >= 11 is 7.97. The van der Waals surface area contributed by atoms with Crippen molar-refractivity contribution in [1.29, 1.82) is 0 Å². The first-order valence-corrected chi connectivity index (χ1v) is 8.94. The first-order chi connectivity index (χ1) is 10.1. The molecule has 0 aliphatic heterocycles. The minimum atomic E-state index is 0.